The molecule has 0 bridgehead atoms. The summed E-state index contributed by atoms with van der Waals surface area (Å²) in [6, 6.07) is 15.0. The summed E-state index contributed by atoms with van der Waals surface area (Å²) in [5.41, 5.74) is 1.96. The van der Waals surface area contributed by atoms with Crippen LogP contribution >= 0.6 is 0 Å². The number of anilines is 1. The van der Waals surface area contributed by atoms with Gasteiger partial charge in [-0.3, -0.25) is 0 Å². The predicted octanol–water partition coefficient (Wildman–Crippen LogP) is 6.27. The number of nitrogens with zero attached hydrogens (tertiary/aromatic N) is 2. The van der Waals surface area contributed by atoms with Crippen LogP contribution in [0.5, 0.6) is 0 Å². The Morgan fingerprint density at radius 3 is 2.36 bits per heavy atom. The van der Waals surface area contributed by atoms with Crippen molar-refractivity contribution < 1.29 is 17.9 Å². The average molecular weight is 500 g/mol. The van der Waals surface area contributed by atoms with Crippen molar-refractivity contribution >= 4 is 5.69 Å². The molecule has 0 amide bonds. The maximum atomic E-state index is 13.6. The molecule has 3 saturated heterocycles. The lowest BCUT2D eigenvalue weighted by atomic mass is 9.76. The second kappa shape index (κ2) is 9.99. The number of hydrogen-bond acceptors (Lipinski definition) is 4. The molecule has 0 spiro atoms. The Labute approximate surface area is 211 Å². The van der Waals surface area contributed by atoms with Gasteiger partial charge in [0.15, 0.2) is 0 Å². The zero-order chi connectivity index (χ0) is 24.7. The first-order chi connectivity index (χ1) is 17.5. The molecule has 2 aromatic carbocycles. The van der Waals surface area contributed by atoms with Crippen LogP contribution in [-0.4, -0.2) is 54.7 Å². The largest absolute Gasteiger partial charge is 0.416 e. The lowest BCUT2D eigenvalue weighted by Crippen LogP contribution is -2.48. The smallest absolute Gasteiger partial charge is 0.378 e. The Bertz CT molecular complexity index is 1030. The molecule has 0 saturated carbocycles. The van der Waals surface area contributed by atoms with E-state index in [0.717, 1.165) is 43.7 Å². The summed E-state index contributed by atoms with van der Waals surface area (Å²) in [5, 5.41) is 3.56. The molecule has 0 aliphatic carbocycles. The molecule has 0 radical (unpaired) electrons. The number of benzene rings is 2. The molecule has 3 fully saturated rings. The zero-order valence-corrected chi connectivity index (χ0v) is 20.7. The third-order valence-corrected chi connectivity index (χ3v) is 8.81. The highest BCUT2D eigenvalue weighted by molar-refractivity contribution is 5.58. The number of piperidine rings is 1. The fourth-order valence-electron chi connectivity index (χ4n) is 6.92. The number of likely N-dealkylation sites (tertiary alicyclic amines) is 2. The van der Waals surface area contributed by atoms with Crippen LogP contribution < -0.4 is 5.32 Å². The predicted molar refractivity (Wildman–Crippen MR) is 135 cm³/mol. The molecule has 0 aromatic heterocycles. The van der Waals surface area contributed by atoms with E-state index >= 15 is 0 Å². The molecule has 4 nitrogen and oxygen atoms in total. The van der Waals surface area contributed by atoms with Crippen molar-refractivity contribution in [2.24, 2.45) is 5.92 Å². The minimum atomic E-state index is -4.37. The zero-order valence-electron chi connectivity index (χ0n) is 20.7. The van der Waals surface area contributed by atoms with Crippen molar-refractivity contribution in [2.45, 2.75) is 69.0 Å². The highest BCUT2D eigenvalue weighted by atomic mass is 19.4. The molecular formula is C29H36F3N3O. The van der Waals surface area contributed by atoms with Gasteiger partial charge in [-0.05, 0) is 88.5 Å². The van der Waals surface area contributed by atoms with E-state index in [-0.39, 0.29) is 24.2 Å². The molecule has 2 aromatic rings. The van der Waals surface area contributed by atoms with Crippen molar-refractivity contribution in [3.05, 3.63) is 65.2 Å². The van der Waals surface area contributed by atoms with Crippen LogP contribution in [-0.2, 0) is 10.9 Å². The Hall–Kier alpha value is -2.09. The van der Waals surface area contributed by atoms with Gasteiger partial charge in [-0.1, -0.05) is 30.3 Å². The second-order valence-electron chi connectivity index (χ2n) is 11.0. The minimum absolute atomic E-state index is 0.0255. The maximum absolute atomic E-state index is 13.6. The SMILES string of the molecule is FC(F)(F)c1ccc2c(c1)[C@H]1O[C@@H](CN3CCC(N4CCCC4)CC3)CC[C@H]1[C@H](c1ccccc1)N2. The molecule has 1 N–H and O–H groups in total. The first-order valence-electron chi connectivity index (χ1n) is 13.6. The van der Waals surface area contributed by atoms with Crippen LogP contribution in [0.1, 0.15) is 67.4 Å². The molecule has 7 heteroatoms. The van der Waals surface area contributed by atoms with Crippen LogP contribution in [0.3, 0.4) is 0 Å². The minimum Gasteiger partial charge on any atom is -0.378 e. The Morgan fingerprint density at radius 2 is 1.64 bits per heavy atom. The standard InChI is InChI=1S/C29H36F3N3O/c30-29(31,32)21-8-11-26-25(18-21)28-24(27(33-26)20-6-2-1-3-7-20)10-9-23(36-28)19-34-16-12-22(13-17-34)35-14-4-5-15-35/h1-3,6-8,11,18,22-24,27-28,33H,4-5,9-10,12-17,19H2/t23-,24+,27+,28+/m1/s1. The highest BCUT2D eigenvalue weighted by Crippen LogP contribution is 2.51. The van der Waals surface area contributed by atoms with Gasteiger partial charge < -0.3 is 19.9 Å². The van der Waals surface area contributed by atoms with Gasteiger partial charge >= 0.3 is 6.18 Å². The summed E-state index contributed by atoms with van der Waals surface area (Å²) >= 11 is 0. The topological polar surface area (TPSA) is 27.7 Å². The summed E-state index contributed by atoms with van der Waals surface area (Å²) in [7, 11) is 0. The normalized spacial score (nSPS) is 30.0. The van der Waals surface area contributed by atoms with E-state index in [1.807, 2.05) is 18.2 Å². The van der Waals surface area contributed by atoms with E-state index in [2.05, 4.69) is 27.2 Å². The maximum Gasteiger partial charge on any atom is 0.416 e. The van der Waals surface area contributed by atoms with Crippen LogP contribution in [0.4, 0.5) is 18.9 Å². The van der Waals surface area contributed by atoms with Crippen molar-refractivity contribution in [1.82, 2.24) is 9.80 Å². The number of halogens is 3. The van der Waals surface area contributed by atoms with Gasteiger partial charge in [0.2, 0.25) is 0 Å². The van der Waals surface area contributed by atoms with Gasteiger partial charge in [-0.25, -0.2) is 0 Å². The summed E-state index contributed by atoms with van der Waals surface area (Å²) < 4.78 is 47.5. The lowest BCUT2D eigenvalue weighted by molar-refractivity contribution is -0.138. The molecule has 36 heavy (non-hydrogen) atoms. The fraction of sp³-hybridized carbons (Fsp3) is 0.586. The molecule has 6 rings (SSSR count). The van der Waals surface area contributed by atoms with E-state index in [9.17, 15) is 13.2 Å². The van der Waals surface area contributed by atoms with Gasteiger partial charge in [0.1, 0.15) is 0 Å². The summed E-state index contributed by atoms with van der Waals surface area (Å²) in [5.74, 6) is 0.0977. The third-order valence-electron chi connectivity index (χ3n) is 8.81. The van der Waals surface area contributed by atoms with E-state index in [1.165, 1.54) is 50.9 Å². The fourth-order valence-corrected chi connectivity index (χ4v) is 6.92. The lowest BCUT2D eigenvalue weighted by Gasteiger charge is -2.47. The number of nitrogens with one attached hydrogen (secondary N) is 1. The molecule has 4 heterocycles. The van der Waals surface area contributed by atoms with Crippen molar-refractivity contribution in [1.29, 1.82) is 0 Å². The van der Waals surface area contributed by atoms with Gasteiger partial charge in [-0.15, -0.1) is 0 Å². The second-order valence-corrected chi connectivity index (χ2v) is 11.0. The summed E-state index contributed by atoms with van der Waals surface area (Å²) in [6.07, 6.45) is 2.28. The monoisotopic (exact) mass is 499 g/mol. The van der Waals surface area contributed by atoms with Gasteiger partial charge in [0.05, 0.1) is 23.8 Å². The number of fused-ring (bicyclic) bond motifs is 3. The number of alkyl halides is 3. The van der Waals surface area contributed by atoms with Crippen molar-refractivity contribution in [3.8, 4) is 0 Å². The Balaban J connectivity index is 1.19. The van der Waals surface area contributed by atoms with Gasteiger partial charge in [0, 0.05) is 29.8 Å². The van der Waals surface area contributed by atoms with Gasteiger partial charge in [-0.2, -0.15) is 13.2 Å². The van der Waals surface area contributed by atoms with Crippen LogP contribution in [0.25, 0.3) is 0 Å². The summed E-state index contributed by atoms with van der Waals surface area (Å²) in [4.78, 5) is 5.17. The highest BCUT2D eigenvalue weighted by Gasteiger charge is 2.44. The average Bonchev–Trinajstić information content (AvgIpc) is 3.43. The van der Waals surface area contributed by atoms with Crippen molar-refractivity contribution in [2.75, 3.05) is 38.0 Å². The number of hydrogen-bond donors (Lipinski definition) is 1. The molecule has 194 valence electrons. The quantitative estimate of drug-likeness (QED) is 0.537. The molecule has 4 aliphatic heterocycles. The summed E-state index contributed by atoms with van der Waals surface area (Å²) in [6.45, 7) is 5.52. The number of ether oxygens (including phenoxy) is 1. The van der Waals surface area contributed by atoms with E-state index in [0.29, 0.717) is 11.6 Å². The van der Waals surface area contributed by atoms with Crippen molar-refractivity contribution in [3.63, 3.8) is 0 Å². The molecule has 4 aliphatic rings. The Morgan fingerprint density at radius 1 is 0.889 bits per heavy atom. The third kappa shape index (κ3) is 4.90. The van der Waals surface area contributed by atoms with Crippen LogP contribution in [0, 0.1) is 5.92 Å². The van der Waals surface area contributed by atoms with E-state index < -0.39 is 11.7 Å². The molecular weight excluding hydrogens is 463 g/mol. The molecule has 4 atom stereocenters. The molecule has 0 unspecified atom stereocenters. The van der Waals surface area contributed by atoms with E-state index in [4.69, 9.17) is 4.74 Å². The first-order valence-corrected chi connectivity index (χ1v) is 13.6. The van der Waals surface area contributed by atoms with Crippen LogP contribution in [0.15, 0.2) is 48.5 Å². The van der Waals surface area contributed by atoms with Crippen LogP contribution in [0.2, 0.25) is 0 Å². The number of rotatable bonds is 4. The Kier molecular flexibility index (Phi) is 6.73. The van der Waals surface area contributed by atoms with Gasteiger partial charge in [0.25, 0.3) is 0 Å². The van der Waals surface area contributed by atoms with E-state index in [1.54, 1.807) is 6.07 Å². The first kappa shape index (κ1) is 24.3.